The number of carbonyl (C=O) groups is 1. The van der Waals surface area contributed by atoms with Gasteiger partial charge >= 0.3 is 6.18 Å². The molecular formula is C19H27F3N2O2. The van der Waals surface area contributed by atoms with Gasteiger partial charge in [-0.1, -0.05) is 19.1 Å². The van der Waals surface area contributed by atoms with E-state index in [2.05, 4.69) is 10.2 Å². The van der Waals surface area contributed by atoms with E-state index in [0.717, 1.165) is 37.3 Å². The molecule has 0 aromatic heterocycles. The molecule has 7 heteroatoms. The van der Waals surface area contributed by atoms with Crippen molar-refractivity contribution in [3.63, 3.8) is 0 Å². The average molecular weight is 372 g/mol. The molecule has 1 aromatic rings. The maximum absolute atomic E-state index is 12.6. The fourth-order valence-corrected chi connectivity index (χ4v) is 3.29. The summed E-state index contributed by atoms with van der Waals surface area (Å²) in [5, 5.41) is 2.89. The fourth-order valence-electron chi connectivity index (χ4n) is 3.29. The van der Waals surface area contributed by atoms with E-state index in [-0.39, 0.29) is 30.5 Å². The quantitative estimate of drug-likeness (QED) is 0.832. The number of amides is 1. The summed E-state index contributed by atoms with van der Waals surface area (Å²) in [6, 6.07) is 5.00. The maximum Gasteiger partial charge on any atom is 0.416 e. The highest BCUT2D eigenvalue weighted by molar-refractivity contribution is 5.76. The highest BCUT2D eigenvalue weighted by atomic mass is 19.4. The summed E-state index contributed by atoms with van der Waals surface area (Å²) in [7, 11) is 0. The van der Waals surface area contributed by atoms with Gasteiger partial charge in [-0.2, -0.15) is 13.2 Å². The molecule has 1 aliphatic rings. The van der Waals surface area contributed by atoms with Gasteiger partial charge in [0.1, 0.15) is 0 Å². The number of ether oxygens (including phenoxy) is 1. The monoisotopic (exact) mass is 372 g/mol. The van der Waals surface area contributed by atoms with Crippen LogP contribution >= 0.6 is 0 Å². The van der Waals surface area contributed by atoms with Gasteiger partial charge in [-0.15, -0.1) is 0 Å². The van der Waals surface area contributed by atoms with E-state index in [1.807, 2.05) is 20.8 Å². The van der Waals surface area contributed by atoms with E-state index in [4.69, 9.17) is 4.74 Å². The van der Waals surface area contributed by atoms with E-state index in [1.54, 1.807) is 0 Å². The van der Waals surface area contributed by atoms with Crippen molar-refractivity contribution < 1.29 is 22.7 Å². The van der Waals surface area contributed by atoms with Crippen LogP contribution in [0.25, 0.3) is 0 Å². The standard InChI is InChI=1S/C19H27F3N2O2/c1-13(16-4-6-17(7-5-16)19(20,21)22)10-18(25)23-8-9-24-11-14(2)26-15(3)12-24/h4-7,13-15H,8-12H2,1-3H3,(H,23,25). The Bertz CT molecular complexity index is 579. The highest BCUT2D eigenvalue weighted by Gasteiger charge is 2.30. The number of rotatable bonds is 6. The van der Waals surface area contributed by atoms with Crippen molar-refractivity contribution in [1.82, 2.24) is 10.2 Å². The van der Waals surface area contributed by atoms with Gasteiger partial charge in [-0.25, -0.2) is 0 Å². The number of carbonyl (C=O) groups excluding carboxylic acids is 1. The second-order valence-corrected chi connectivity index (χ2v) is 7.09. The Balaban J connectivity index is 1.75. The van der Waals surface area contributed by atoms with Crippen molar-refractivity contribution in [3.8, 4) is 0 Å². The van der Waals surface area contributed by atoms with Crippen molar-refractivity contribution >= 4 is 5.91 Å². The van der Waals surface area contributed by atoms with Crippen LogP contribution in [0, 0.1) is 0 Å². The van der Waals surface area contributed by atoms with Crippen molar-refractivity contribution in [2.75, 3.05) is 26.2 Å². The first-order chi connectivity index (χ1) is 12.1. The molecule has 0 saturated carbocycles. The Kier molecular flexibility index (Phi) is 7.06. The van der Waals surface area contributed by atoms with Gasteiger partial charge in [-0.3, -0.25) is 9.69 Å². The molecule has 1 saturated heterocycles. The molecule has 0 radical (unpaired) electrons. The third-order valence-corrected chi connectivity index (χ3v) is 4.54. The lowest BCUT2D eigenvalue weighted by atomic mass is 9.96. The summed E-state index contributed by atoms with van der Waals surface area (Å²) in [4.78, 5) is 14.4. The SMILES string of the molecule is CC1CN(CCNC(=O)CC(C)c2ccc(C(F)(F)F)cc2)CC(C)O1. The van der Waals surface area contributed by atoms with Crippen LogP contribution in [-0.4, -0.2) is 49.2 Å². The largest absolute Gasteiger partial charge is 0.416 e. The second kappa shape index (κ2) is 8.86. The fraction of sp³-hybridized carbons (Fsp3) is 0.632. The van der Waals surface area contributed by atoms with Gasteiger partial charge in [0.15, 0.2) is 0 Å². The molecule has 1 N–H and O–H groups in total. The van der Waals surface area contributed by atoms with Crippen LogP contribution in [0.15, 0.2) is 24.3 Å². The predicted molar refractivity (Wildman–Crippen MR) is 93.9 cm³/mol. The molecule has 3 unspecified atom stereocenters. The number of nitrogens with one attached hydrogen (secondary N) is 1. The van der Waals surface area contributed by atoms with Gasteiger partial charge < -0.3 is 10.1 Å². The minimum atomic E-state index is -4.34. The van der Waals surface area contributed by atoms with Gasteiger partial charge in [0.05, 0.1) is 17.8 Å². The van der Waals surface area contributed by atoms with Crippen molar-refractivity contribution in [3.05, 3.63) is 35.4 Å². The smallest absolute Gasteiger partial charge is 0.373 e. The van der Waals surface area contributed by atoms with Crippen LogP contribution in [0.3, 0.4) is 0 Å². The summed E-state index contributed by atoms with van der Waals surface area (Å²) in [6.45, 7) is 8.92. The zero-order valence-electron chi connectivity index (χ0n) is 15.5. The third-order valence-electron chi connectivity index (χ3n) is 4.54. The van der Waals surface area contributed by atoms with E-state index in [1.165, 1.54) is 12.1 Å². The van der Waals surface area contributed by atoms with Crippen LogP contribution in [0.4, 0.5) is 13.2 Å². The number of nitrogens with zero attached hydrogens (tertiary/aromatic N) is 1. The minimum absolute atomic E-state index is 0.0910. The molecule has 4 nitrogen and oxygen atoms in total. The number of benzene rings is 1. The highest BCUT2D eigenvalue weighted by Crippen LogP contribution is 2.30. The molecule has 0 spiro atoms. The number of hydrogen-bond donors (Lipinski definition) is 1. The lowest BCUT2D eigenvalue weighted by Crippen LogP contribution is -2.47. The van der Waals surface area contributed by atoms with Gasteiger partial charge in [-0.05, 0) is 37.5 Å². The number of halogens is 3. The van der Waals surface area contributed by atoms with Gasteiger partial charge in [0.25, 0.3) is 0 Å². The molecular weight excluding hydrogens is 345 g/mol. The summed E-state index contributed by atoms with van der Waals surface area (Å²) >= 11 is 0. The third kappa shape index (κ3) is 6.29. The Morgan fingerprint density at radius 2 is 1.81 bits per heavy atom. The Labute approximate surface area is 152 Å². The van der Waals surface area contributed by atoms with Crippen molar-refractivity contribution in [1.29, 1.82) is 0 Å². The Morgan fingerprint density at radius 1 is 1.23 bits per heavy atom. The predicted octanol–water partition coefficient (Wildman–Crippen LogP) is 3.42. The van der Waals surface area contributed by atoms with Crippen LogP contribution < -0.4 is 5.32 Å². The van der Waals surface area contributed by atoms with E-state index >= 15 is 0 Å². The Hall–Kier alpha value is -1.60. The van der Waals surface area contributed by atoms with E-state index < -0.39 is 11.7 Å². The first kappa shape index (κ1) is 20.7. The van der Waals surface area contributed by atoms with Crippen molar-refractivity contribution in [2.45, 2.75) is 51.5 Å². The van der Waals surface area contributed by atoms with Crippen LogP contribution in [0.1, 0.15) is 44.2 Å². The zero-order chi connectivity index (χ0) is 19.3. The lowest BCUT2D eigenvalue weighted by Gasteiger charge is -2.35. The molecule has 1 heterocycles. The first-order valence-electron chi connectivity index (χ1n) is 8.97. The van der Waals surface area contributed by atoms with Crippen LogP contribution in [-0.2, 0) is 15.7 Å². The minimum Gasteiger partial charge on any atom is -0.373 e. The van der Waals surface area contributed by atoms with Gasteiger partial charge in [0.2, 0.25) is 5.91 Å². The Morgan fingerprint density at radius 3 is 2.35 bits per heavy atom. The van der Waals surface area contributed by atoms with E-state index in [9.17, 15) is 18.0 Å². The molecule has 0 bridgehead atoms. The second-order valence-electron chi connectivity index (χ2n) is 7.09. The van der Waals surface area contributed by atoms with Crippen molar-refractivity contribution in [2.24, 2.45) is 0 Å². The summed E-state index contributed by atoms with van der Waals surface area (Å²) in [5.41, 5.74) is 0.0517. The topological polar surface area (TPSA) is 41.6 Å². The number of morpholine rings is 1. The molecule has 3 atom stereocenters. The maximum atomic E-state index is 12.6. The van der Waals surface area contributed by atoms with Crippen LogP contribution in [0.2, 0.25) is 0 Å². The molecule has 1 amide bonds. The molecule has 146 valence electrons. The molecule has 26 heavy (non-hydrogen) atoms. The molecule has 0 aliphatic carbocycles. The summed E-state index contributed by atoms with van der Waals surface area (Å²) in [5.74, 6) is -0.229. The lowest BCUT2D eigenvalue weighted by molar-refractivity contribution is -0.137. The molecule has 1 fully saturated rings. The van der Waals surface area contributed by atoms with Crippen LogP contribution in [0.5, 0.6) is 0 Å². The normalized spacial score (nSPS) is 22.8. The number of hydrogen-bond acceptors (Lipinski definition) is 3. The first-order valence-corrected chi connectivity index (χ1v) is 8.97. The average Bonchev–Trinajstić information content (AvgIpc) is 2.53. The zero-order valence-corrected chi connectivity index (χ0v) is 15.5. The molecule has 2 rings (SSSR count). The summed E-state index contributed by atoms with van der Waals surface area (Å²) < 4.78 is 43.5. The summed E-state index contributed by atoms with van der Waals surface area (Å²) in [6.07, 6.45) is -3.71. The number of alkyl halides is 3. The van der Waals surface area contributed by atoms with E-state index in [0.29, 0.717) is 6.54 Å². The molecule has 1 aromatic carbocycles. The molecule has 1 aliphatic heterocycles. The van der Waals surface area contributed by atoms with Gasteiger partial charge in [0, 0.05) is 32.6 Å².